The van der Waals surface area contributed by atoms with Crippen LogP contribution in [0.15, 0.2) is 70.0 Å². The highest BCUT2D eigenvalue weighted by Gasteiger charge is 2.46. The van der Waals surface area contributed by atoms with Gasteiger partial charge in [-0.2, -0.15) is 0 Å². The number of allylic oxidation sites excluding steroid dienone is 2. The number of ketones is 1. The molecule has 0 bridgehead atoms. The summed E-state index contributed by atoms with van der Waals surface area (Å²) in [6, 6.07) is 7.30. The highest BCUT2D eigenvalue weighted by molar-refractivity contribution is 9.10. The molecule has 32 heavy (non-hydrogen) atoms. The summed E-state index contributed by atoms with van der Waals surface area (Å²) in [4.78, 5) is 37.2. The number of rotatable bonds is 4. The van der Waals surface area contributed by atoms with Crippen LogP contribution in [0.5, 0.6) is 0 Å². The van der Waals surface area contributed by atoms with E-state index in [-0.39, 0.29) is 29.2 Å². The molecule has 0 fully saturated rings. The first kappa shape index (κ1) is 22.2. The molecule has 2 aliphatic rings. The standard InChI is InChI=1S/C24H25BrN4O3/c1-4-32-23(31)21-19(14-6-5-9-27-12-14)20-16(10-24(2,3)11-17(20)30)29(22(21)26)18-8-7-15(25)13-28-18/h5-9,12-13,19H,4,10-11,26H2,1-3H3/t19-/m0/s1. The average molecular weight is 497 g/mol. The maximum absolute atomic E-state index is 13.5. The number of nitrogens with zero attached hydrogens (tertiary/aromatic N) is 3. The smallest absolute Gasteiger partial charge is 0.338 e. The third-order valence-electron chi connectivity index (χ3n) is 5.71. The molecule has 7 nitrogen and oxygen atoms in total. The van der Waals surface area contributed by atoms with Crippen LogP contribution >= 0.6 is 15.9 Å². The lowest BCUT2D eigenvalue weighted by Gasteiger charge is -2.43. The molecule has 3 heterocycles. The fourth-order valence-corrected chi connectivity index (χ4v) is 4.69. The van der Waals surface area contributed by atoms with E-state index in [0.29, 0.717) is 24.2 Å². The Kier molecular flexibility index (Phi) is 5.90. The van der Waals surface area contributed by atoms with E-state index in [4.69, 9.17) is 10.5 Å². The third kappa shape index (κ3) is 3.95. The largest absolute Gasteiger partial charge is 0.463 e. The van der Waals surface area contributed by atoms with Crippen LogP contribution in [-0.2, 0) is 14.3 Å². The van der Waals surface area contributed by atoms with E-state index in [1.165, 1.54) is 0 Å². The molecule has 2 aromatic heterocycles. The summed E-state index contributed by atoms with van der Waals surface area (Å²) in [5, 5.41) is 0. The van der Waals surface area contributed by atoms with E-state index in [1.54, 1.807) is 42.5 Å². The Morgan fingerprint density at radius 2 is 2.06 bits per heavy atom. The molecule has 0 saturated heterocycles. The summed E-state index contributed by atoms with van der Waals surface area (Å²) in [5.74, 6) is -0.453. The summed E-state index contributed by atoms with van der Waals surface area (Å²) >= 11 is 3.41. The summed E-state index contributed by atoms with van der Waals surface area (Å²) < 4.78 is 6.19. The zero-order valence-electron chi connectivity index (χ0n) is 18.3. The number of Topliss-reactive ketones (excluding diaryl/α,β-unsaturated/α-hetero) is 1. The number of carbonyl (C=O) groups is 2. The van der Waals surface area contributed by atoms with Gasteiger partial charge in [0.2, 0.25) is 0 Å². The number of ether oxygens (including phenoxy) is 1. The number of esters is 1. The molecule has 0 unspecified atom stereocenters. The van der Waals surface area contributed by atoms with Crippen molar-refractivity contribution in [1.29, 1.82) is 0 Å². The molecule has 4 rings (SSSR count). The predicted octanol–water partition coefficient (Wildman–Crippen LogP) is 4.22. The van der Waals surface area contributed by atoms with Gasteiger partial charge in [0.25, 0.3) is 0 Å². The second-order valence-corrected chi connectivity index (χ2v) is 9.63. The van der Waals surface area contributed by atoms with Crippen molar-refractivity contribution in [2.24, 2.45) is 11.1 Å². The highest BCUT2D eigenvalue weighted by Crippen LogP contribution is 2.50. The molecule has 8 heteroatoms. The van der Waals surface area contributed by atoms with Crippen LogP contribution in [0.25, 0.3) is 0 Å². The van der Waals surface area contributed by atoms with Gasteiger partial charge < -0.3 is 10.5 Å². The van der Waals surface area contributed by atoms with E-state index < -0.39 is 11.9 Å². The van der Waals surface area contributed by atoms with Gasteiger partial charge in [-0.25, -0.2) is 9.78 Å². The van der Waals surface area contributed by atoms with Gasteiger partial charge in [-0.05, 0) is 58.5 Å². The Labute approximate surface area is 195 Å². The first-order valence-corrected chi connectivity index (χ1v) is 11.3. The number of halogens is 1. The number of hydrogen-bond donors (Lipinski definition) is 1. The maximum Gasteiger partial charge on any atom is 0.338 e. The SMILES string of the molecule is CCOC(=O)C1=C(N)N(c2ccc(Br)cn2)C2=C(C(=O)CC(C)(C)C2)[C@@H]1c1cccnc1. The molecule has 2 N–H and O–H groups in total. The summed E-state index contributed by atoms with van der Waals surface area (Å²) in [7, 11) is 0. The van der Waals surface area contributed by atoms with Gasteiger partial charge >= 0.3 is 5.97 Å². The normalized spacial score (nSPS) is 20.3. The molecular formula is C24H25BrN4O3. The van der Waals surface area contributed by atoms with Gasteiger partial charge in [-0.15, -0.1) is 0 Å². The lowest BCUT2D eigenvalue weighted by atomic mass is 9.68. The van der Waals surface area contributed by atoms with Gasteiger partial charge in [0.05, 0.1) is 18.1 Å². The Morgan fingerprint density at radius 3 is 2.69 bits per heavy atom. The average Bonchev–Trinajstić information content (AvgIpc) is 2.74. The summed E-state index contributed by atoms with van der Waals surface area (Å²) in [5.41, 5.74) is 8.70. The molecule has 1 atom stereocenters. The monoisotopic (exact) mass is 496 g/mol. The molecule has 0 saturated carbocycles. The van der Waals surface area contributed by atoms with Crippen molar-refractivity contribution in [3.05, 3.63) is 75.6 Å². The van der Waals surface area contributed by atoms with E-state index in [9.17, 15) is 9.59 Å². The fraction of sp³-hybridized carbons (Fsp3) is 0.333. The van der Waals surface area contributed by atoms with Crippen LogP contribution in [0.4, 0.5) is 5.82 Å². The van der Waals surface area contributed by atoms with Gasteiger partial charge in [-0.3, -0.25) is 14.7 Å². The van der Waals surface area contributed by atoms with Crippen molar-refractivity contribution in [3.8, 4) is 0 Å². The van der Waals surface area contributed by atoms with Crippen molar-refractivity contribution >= 4 is 33.5 Å². The lowest BCUT2D eigenvalue weighted by molar-refractivity contribution is -0.138. The van der Waals surface area contributed by atoms with E-state index in [0.717, 1.165) is 15.7 Å². The predicted molar refractivity (Wildman–Crippen MR) is 124 cm³/mol. The minimum absolute atomic E-state index is 0.0125. The number of pyridine rings is 2. The van der Waals surface area contributed by atoms with Gasteiger partial charge in [-0.1, -0.05) is 19.9 Å². The second kappa shape index (κ2) is 8.50. The molecule has 0 spiro atoms. The zero-order valence-corrected chi connectivity index (χ0v) is 19.8. The van der Waals surface area contributed by atoms with Crippen LogP contribution in [0.1, 0.15) is 45.1 Å². The topological polar surface area (TPSA) is 98.4 Å². The quantitative estimate of drug-likeness (QED) is 0.632. The first-order chi connectivity index (χ1) is 15.2. The molecule has 0 aromatic carbocycles. The Hall–Kier alpha value is -3.00. The van der Waals surface area contributed by atoms with Gasteiger partial charge in [0.1, 0.15) is 11.6 Å². The van der Waals surface area contributed by atoms with Crippen molar-refractivity contribution in [2.45, 2.75) is 39.5 Å². The first-order valence-electron chi connectivity index (χ1n) is 10.5. The van der Waals surface area contributed by atoms with Crippen LogP contribution in [0.3, 0.4) is 0 Å². The van der Waals surface area contributed by atoms with Crippen molar-refractivity contribution in [3.63, 3.8) is 0 Å². The highest BCUT2D eigenvalue weighted by atomic mass is 79.9. The number of carbonyl (C=O) groups excluding carboxylic acids is 2. The van der Waals surface area contributed by atoms with Crippen molar-refractivity contribution < 1.29 is 14.3 Å². The van der Waals surface area contributed by atoms with Crippen LogP contribution in [-0.4, -0.2) is 28.3 Å². The van der Waals surface area contributed by atoms with Crippen LogP contribution in [0.2, 0.25) is 0 Å². The Balaban J connectivity index is 2.01. The molecule has 166 valence electrons. The van der Waals surface area contributed by atoms with Crippen molar-refractivity contribution in [2.75, 3.05) is 11.5 Å². The maximum atomic E-state index is 13.5. The number of nitrogens with two attached hydrogens (primary N) is 1. The molecule has 0 radical (unpaired) electrons. The fourth-order valence-electron chi connectivity index (χ4n) is 4.46. The van der Waals surface area contributed by atoms with Crippen LogP contribution < -0.4 is 10.6 Å². The number of hydrogen-bond acceptors (Lipinski definition) is 7. The summed E-state index contributed by atoms with van der Waals surface area (Å²) in [6.07, 6.45) is 5.97. The molecule has 2 aromatic rings. The Morgan fingerprint density at radius 1 is 1.28 bits per heavy atom. The van der Waals surface area contributed by atoms with Gasteiger partial charge in [0, 0.05) is 40.8 Å². The van der Waals surface area contributed by atoms with E-state index in [1.807, 2.05) is 12.1 Å². The Bertz CT molecular complexity index is 1120. The zero-order chi connectivity index (χ0) is 23.0. The van der Waals surface area contributed by atoms with E-state index >= 15 is 0 Å². The third-order valence-corrected chi connectivity index (χ3v) is 6.18. The van der Waals surface area contributed by atoms with Gasteiger partial charge in [0.15, 0.2) is 5.78 Å². The lowest BCUT2D eigenvalue weighted by Crippen LogP contribution is -2.44. The van der Waals surface area contributed by atoms with Crippen molar-refractivity contribution in [1.82, 2.24) is 9.97 Å². The summed E-state index contributed by atoms with van der Waals surface area (Å²) in [6.45, 7) is 6.05. The number of aromatic nitrogens is 2. The molecular weight excluding hydrogens is 472 g/mol. The van der Waals surface area contributed by atoms with Crippen LogP contribution in [0, 0.1) is 5.41 Å². The molecule has 1 aliphatic heterocycles. The minimum atomic E-state index is -0.645. The second-order valence-electron chi connectivity index (χ2n) is 8.71. The van der Waals surface area contributed by atoms with E-state index in [2.05, 4.69) is 39.7 Å². The number of anilines is 1. The molecule has 0 amide bonds. The minimum Gasteiger partial charge on any atom is -0.463 e. The molecule has 1 aliphatic carbocycles.